The van der Waals surface area contributed by atoms with E-state index in [1.54, 1.807) is 4.57 Å². The molecule has 2 aromatic rings. The summed E-state index contributed by atoms with van der Waals surface area (Å²) in [5.41, 5.74) is 6.89. The summed E-state index contributed by atoms with van der Waals surface area (Å²) in [6.07, 6.45) is -1.13. The van der Waals surface area contributed by atoms with Gasteiger partial charge in [-0.2, -0.15) is 0 Å². The maximum Gasteiger partial charge on any atom is 0.424 e. The molecule has 2 aliphatic rings. The number of fused-ring (bicyclic) bond motifs is 2. The molecule has 2 aliphatic heterocycles. The number of ether oxygens (including phenoxy) is 1. The normalized spacial score (nSPS) is 32.5. The minimum Gasteiger partial charge on any atom is -0.407 e. The van der Waals surface area contributed by atoms with Crippen molar-refractivity contribution in [2.45, 2.75) is 63.4 Å². The molecule has 14 heteroatoms. The summed E-state index contributed by atoms with van der Waals surface area (Å²) in [7, 11) is -2.28. The SMILES string of the molecule is CC(C)(C)[Si](C)(C)O[C@@H]1[C@@H]2OP(=O)(Cl)OC[C@H]2O[C@H]1n1c(Br)nc2c(N)ncnc21. The summed E-state index contributed by atoms with van der Waals surface area (Å²) >= 11 is 9.40. The van der Waals surface area contributed by atoms with E-state index in [0.717, 1.165) is 0 Å². The van der Waals surface area contributed by atoms with Gasteiger partial charge in [-0.05, 0) is 34.1 Å². The van der Waals surface area contributed by atoms with Gasteiger partial charge in [0.2, 0.25) is 0 Å². The summed E-state index contributed by atoms with van der Waals surface area (Å²) in [6.45, 7) is 6.95. The fraction of sp³-hybridized carbons (Fsp3) is 0.688. The zero-order valence-electron chi connectivity index (χ0n) is 17.2. The predicted octanol–water partition coefficient (Wildman–Crippen LogP) is 4.22. The van der Waals surface area contributed by atoms with Gasteiger partial charge in [-0.3, -0.25) is 13.6 Å². The first-order valence-electron chi connectivity index (χ1n) is 9.40. The molecule has 2 aromatic heterocycles. The molecule has 30 heavy (non-hydrogen) atoms. The van der Waals surface area contributed by atoms with Crippen LogP contribution >= 0.6 is 34.1 Å². The van der Waals surface area contributed by atoms with Gasteiger partial charge >= 0.3 is 6.95 Å². The van der Waals surface area contributed by atoms with E-state index in [1.807, 2.05) is 0 Å². The van der Waals surface area contributed by atoms with Gasteiger partial charge in [0.25, 0.3) is 0 Å². The lowest BCUT2D eigenvalue weighted by Crippen LogP contribution is -2.50. The second-order valence-corrected chi connectivity index (χ2v) is 16.9. The van der Waals surface area contributed by atoms with Gasteiger partial charge in [0.05, 0.1) is 6.61 Å². The number of nitrogens with zero attached hydrogens (tertiary/aromatic N) is 4. The lowest BCUT2D eigenvalue weighted by Gasteiger charge is -2.41. The maximum absolute atomic E-state index is 12.4. The average molecular weight is 541 g/mol. The number of imidazole rings is 1. The van der Waals surface area contributed by atoms with E-state index in [9.17, 15) is 4.57 Å². The Morgan fingerprint density at radius 2 is 2.10 bits per heavy atom. The van der Waals surface area contributed by atoms with E-state index in [2.05, 4.69) is 64.7 Å². The van der Waals surface area contributed by atoms with E-state index in [1.165, 1.54) is 6.33 Å². The molecule has 0 bridgehead atoms. The molecule has 0 saturated carbocycles. The number of hydrogen-bond donors (Lipinski definition) is 1. The van der Waals surface area contributed by atoms with E-state index in [-0.39, 0.29) is 17.5 Å². The number of nitrogens with two attached hydrogens (primary N) is 1. The van der Waals surface area contributed by atoms with Crippen LogP contribution in [0.1, 0.15) is 27.0 Å². The van der Waals surface area contributed by atoms with Crippen molar-refractivity contribution in [2.24, 2.45) is 0 Å². The molecule has 166 valence electrons. The van der Waals surface area contributed by atoms with Crippen LogP contribution in [-0.2, 0) is 22.8 Å². The van der Waals surface area contributed by atoms with Crippen molar-refractivity contribution in [1.29, 1.82) is 0 Å². The molecule has 4 rings (SSSR count). The molecule has 0 aromatic carbocycles. The van der Waals surface area contributed by atoms with Crippen LogP contribution in [0.15, 0.2) is 11.1 Å². The van der Waals surface area contributed by atoms with Crippen molar-refractivity contribution >= 4 is 59.4 Å². The van der Waals surface area contributed by atoms with Crippen LogP contribution in [0.5, 0.6) is 0 Å². The third-order valence-corrected chi connectivity index (χ3v) is 12.4. The molecule has 2 saturated heterocycles. The molecule has 0 aliphatic carbocycles. The van der Waals surface area contributed by atoms with E-state index in [0.29, 0.717) is 15.9 Å². The lowest BCUT2D eigenvalue weighted by atomic mass is 10.1. The molecule has 0 amide bonds. The van der Waals surface area contributed by atoms with Gasteiger partial charge in [0.1, 0.15) is 24.6 Å². The molecule has 0 radical (unpaired) electrons. The Labute approximate surface area is 188 Å². The third-order valence-electron chi connectivity index (χ3n) is 5.88. The molecular weight excluding hydrogens is 517 g/mol. The van der Waals surface area contributed by atoms with Crippen molar-refractivity contribution in [1.82, 2.24) is 19.5 Å². The highest BCUT2D eigenvalue weighted by Crippen LogP contribution is 2.60. The van der Waals surface area contributed by atoms with Crippen LogP contribution in [-0.4, -0.2) is 52.8 Å². The van der Waals surface area contributed by atoms with Crippen molar-refractivity contribution in [3.8, 4) is 0 Å². The van der Waals surface area contributed by atoms with Crippen LogP contribution < -0.4 is 5.73 Å². The molecule has 0 spiro atoms. The Morgan fingerprint density at radius 1 is 1.40 bits per heavy atom. The second kappa shape index (κ2) is 7.48. The number of hydrogen-bond acceptors (Lipinski definition) is 9. The summed E-state index contributed by atoms with van der Waals surface area (Å²) < 4.78 is 38.3. The monoisotopic (exact) mass is 539 g/mol. The largest absolute Gasteiger partial charge is 0.424 e. The summed E-state index contributed by atoms with van der Waals surface area (Å²) in [4.78, 5) is 12.8. The number of aromatic nitrogens is 4. The molecular formula is C16H24BrClN5O5PSi. The number of halogens is 2. The predicted molar refractivity (Wildman–Crippen MR) is 118 cm³/mol. The minimum absolute atomic E-state index is 0.0285. The Balaban J connectivity index is 1.81. The Morgan fingerprint density at radius 3 is 2.77 bits per heavy atom. The summed E-state index contributed by atoms with van der Waals surface area (Å²) in [6, 6.07) is 0. The highest BCUT2D eigenvalue weighted by Gasteiger charge is 2.56. The average Bonchev–Trinajstić information content (AvgIpc) is 3.11. The molecule has 2 N–H and O–H groups in total. The first-order valence-corrected chi connectivity index (χ1v) is 15.6. The Kier molecular flexibility index (Phi) is 5.63. The second-order valence-electron chi connectivity index (χ2n) is 8.89. The van der Waals surface area contributed by atoms with Gasteiger partial charge < -0.3 is 14.9 Å². The summed E-state index contributed by atoms with van der Waals surface area (Å²) in [5.74, 6) is 0.251. The van der Waals surface area contributed by atoms with Gasteiger partial charge in [0, 0.05) is 11.2 Å². The standard InChI is InChI=1S/C16H24BrClN5O5PSi/c1-16(2,3)30(4,5)28-11-10-8(6-25-29(18,24)27-10)26-14(11)23-13-9(22-15(23)17)12(19)20-7-21-13/h7-8,10-11,14H,6H2,1-5H3,(H2,19,20,21)/t8-,10-,11-,14-,29?/m1/s1. The number of rotatable bonds is 3. The molecule has 1 unspecified atom stereocenters. The van der Waals surface area contributed by atoms with Gasteiger partial charge in [-0.25, -0.2) is 19.5 Å². The first kappa shape index (κ1) is 22.6. The van der Waals surface area contributed by atoms with Gasteiger partial charge in [0.15, 0.2) is 36.3 Å². The number of nitrogen functional groups attached to an aromatic ring is 1. The van der Waals surface area contributed by atoms with Crippen LogP contribution in [0.2, 0.25) is 18.1 Å². The molecule has 2 fully saturated rings. The lowest BCUT2D eigenvalue weighted by molar-refractivity contribution is -0.0567. The minimum atomic E-state index is -3.73. The van der Waals surface area contributed by atoms with Gasteiger partial charge in [-0.1, -0.05) is 20.8 Å². The third kappa shape index (κ3) is 3.86. The highest BCUT2D eigenvalue weighted by atomic mass is 79.9. The van der Waals surface area contributed by atoms with Crippen LogP contribution in [0.3, 0.4) is 0 Å². The quantitative estimate of drug-likeness (QED) is 0.346. The van der Waals surface area contributed by atoms with E-state index >= 15 is 0 Å². The summed E-state index contributed by atoms with van der Waals surface area (Å²) in [5, 5.41) is -0.0771. The van der Waals surface area contributed by atoms with E-state index in [4.69, 9.17) is 35.2 Å². The zero-order valence-corrected chi connectivity index (χ0v) is 21.4. The highest BCUT2D eigenvalue weighted by molar-refractivity contribution is 9.10. The van der Waals surface area contributed by atoms with Crippen LogP contribution in [0.4, 0.5) is 5.82 Å². The fourth-order valence-corrected chi connectivity index (χ4v) is 6.49. The van der Waals surface area contributed by atoms with E-state index < -0.39 is 39.8 Å². The smallest absolute Gasteiger partial charge is 0.407 e. The van der Waals surface area contributed by atoms with Crippen molar-refractivity contribution in [3.05, 3.63) is 11.1 Å². The van der Waals surface area contributed by atoms with Crippen molar-refractivity contribution in [3.63, 3.8) is 0 Å². The maximum atomic E-state index is 12.4. The fourth-order valence-electron chi connectivity index (χ4n) is 3.28. The van der Waals surface area contributed by atoms with Crippen molar-refractivity contribution in [2.75, 3.05) is 12.3 Å². The Bertz CT molecular complexity index is 1030. The van der Waals surface area contributed by atoms with Crippen LogP contribution in [0.25, 0.3) is 11.2 Å². The van der Waals surface area contributed by atoms with Crippen molar-refractivity contribution < 1.29 is 22.8 Å². The Hall–Kier alpha value is -0.593. The molecule has 4 heterocycles. The molecule has 5 atom stereocenters. The topological polar surface area (TPSA) is 124 Å². The number of anilines is 1. The van der Waals surface area contributed by atoms with Gasteiger partial charge in [-0.15, -0.1) is 0 Å². The first-order chi connectivity index (χ1) is 13.8. The van der Waals surface area contributed by atoms with Crippen LogP contribution in [0, 0.1) is 0 Å². The molecule has 10 nitrogen and oxygen atoms in total. The zero-order chi connectivity index (χ0) is 22.1.